The number of hydrogen-bond donors (Lipinski definition) is 1. The van der Waals surface area contributed by atoms with Gasteiger partial charge in [-0.3, -0.25) is 0 Å². The molecule has 1 atom stereocenters. The Balaban J connectivity index is 2.03. The van der Waals surface area contributed by atoms with Crippen molar-refractivity contribution in [3.63, 3.8) is 0 Å². The summed E-state index contributed by atoms with van der Waals surface area (Å²) in [7, 11) is 0. The van der Waals surface area contributed by atoms with E-state index in [1.807, 2.05) is 55.5 Å². The third-order valence-corrected chi connectivity index (χ3v) is 3.39. The van der Waals surface area contributed by atoms with Crippen molar-refractivity contribution < 1.29 is 14.6 Å². The molecule has 0 unspecified atom stereocenters. The van der Waals surface area contributed by atoms with Crippen LogP contribution >= 0.6 is 15.9 Å². The van der Waals surface area contributed by atoms with Gasteiger partial charge in [0.25, 0.3) is 0 Å². The predicted octanol–water partition coefficient (Wildman–Crippen LogP) is 3.79. The smallest absolute Gasteiger partial charge is 0.137 e. The van der Waals surface area contributed by atoms with Crippen molar-refractivity contribution >= 4 is 15.9 Å². The number of hydrogen-bond acceptors (Lipinski definition) is 3. The summed E-state index contributed by atoms with van der Waals surface area (Å²) in [5, 5.41) is 9.04. The molecule has 0 saturated heterocycles. The Morgan fingerprint density at radius 1 is 1.15 bits per heavy atom. The first kappa shape index (κ1) is 14.9. The quantitative estimate of drug-likeness (QED) is 0.872. The van der Waals surface area contributed by atoms with Gasteiger partial charge in [0.05, 0.1) is 11.1 Å². The first-order valence-corrected chi connectivity index (χ1v) is 7.22. The van der Waals surface area contributed by atoms with Crippen LogP contribution in [0.2, 0.25) is 0 Å². The molecular weight excluding hydrogens is 320 g/mol. The van der Waals surface area contributed by atoms with Crippen molar-refractivity contribution in [2.45, 2.75) is 19.6 Å². The van der Waals surface area contributed by atoms with Gasteiger partial charge in [0.1, 0.15) is 24.2 Å². The highest BCUT2D eigenvalue weighted by Crippen LogP contribution is 2.30. The maximum Gasteiger partial charge on any atom is 0.137 e. The minimum absolute atomic E-state index is 0.0262. The Morgan fingerprint density at radius 3 is 2.60 bits per heavy atom. The van der Waals surface area contributed by atoms with Crippen LogP contribution < -0.4 is 9.47 Å². The van der Waals surface area contributed by atoms with E-state index in [0.717, 1.165) is 15.8 Å². The van der Waals surface area contributed by atoms with Crippen molar-refractivity contribution in [2.24, 2.45) is 0 Å². The van der Waals surface area contributed by atoms with E-state index in [1.54, 1.807) is 0 Å². The largest absolute Gasteiger partial charge is 0.489 e. The molecule has 2 aromatic rings. The summed E-state index contributed by atoms with van der Waals surface area (Å²) in [6, 6.07) is 15.6. The molecule has 2 rings (SSSR count). The maximum absolute atomic E-state index is 9.04. The molecule has 0 aliphatic carbocycles. The minimum atomic E-state index is -0.254. The SMILES string of the molecule is C[C@H](CO)Oc1cc(OCc2ccccc2)ccc1Br. The first-order chi connectivity index (χ1) is 9.69. The molecule has 1 N–H and O–H groups in total. The highest BCUT2D eigenvalue weighted by Gasteiger charge is 2.08. The second kappa shape index (κ2) is 7.31. The van der Waals surface area contributed by atoms with Crippen molar-refractivity contribution in [3.8, 4) is 11.5 Å². The van der Waals surface area contributed by atoms with Crippen molar-refractivity contribution in [1.29, 1.82) is 0 Å². The topological polar surface area (TPSA) is 38.7 Å². The van der Waals surface area contributed by atoms with Gasteiger partial charge in [-0.15, -0.1) is 0 Å². The van der Waals surface area contributed by atoms with E-state index in [0.29, 0.717) is 12.4 Å². The van der Waals surface area contributed by atoms with E-state index in [2.05, 4.69) is 15.9 Å². The van der Waals surface area contributed by atoms with Gasteiger partial charge >= 0.3 is 0 Å². The monoisotopic (exact) mass is 336 g/mol. The molecule has 0 fully saturated rings. The Hall–Kier alpha value is -1.52. The molecule has 20 heavy (non-hydrogen) atoms. The van der Waals surface area contributed by atoms with Crippen LogP contribution in [-0.4, -0.2) is 17.8 Å². The zero-order valence-corrected chi connectivity index (χ0v) is 12.8. The van der Waals surface area contributed by atoms with E-state index >= 15 is 0 Å². The molecule has 0 amide bonds. The van der Waals surface area contributed by atoms with Gasteiger partial charge < -0.3 is 14.6 Å². The van der Waals surface area contributed by atoms with Crippen molar-refractivity contribution in [3.05, 3.63) is 58.6 Å². The van der Waals surface area contributed by atoms with Crippen LogP contribution in [0.25, 0.3) is 0 Å². The van der Waals surface area contributed by atoms with Gasteiger partial charge in [-0.05, 0) is 40.5 Å². The van der Waals surface area contributed by atoms with Crippen LogP contribution in [0.4, 0.5) is 0 Å². The highest BCUT2D eigenvalue weighted by atomic mass is 79.9. The van der Waals surface area contributed by atoms with Crippen LogP contribution in [0.15, 0.2) is 53.0 Å². The number of aliphatic hydroxyl groups is 1. The number of benzene rings is 2. The summed E-state index contributed by atoms with van der Waals surface area (Å²) in [5.41, 5.74) is 1.11. The summed E-state index contributed by atoms with van der Waals surface area (Å²) >= 11 is 3.42. The van der Waals surface area contributed by atoms with E-state index in [-0.39, 0.29) is 12.7 Å². The first-order valence-electron chi connectivity index (χ1n) is 6.43. The van der Waals surface area contributed by atoms with E-state index in [4.69, 9.17) is 14.6 Å². The van der Waals surface area contributed by atoms with Crippen LogP contribution in [-0.2, 0) is 6.61 Å². The lowest BCUT2D eigenvalue weighted by Crippen LogP contribution is -2.16. The normalized spacial score (nSPS) is 11.9. The molecule has 0 aromatic heterocycles. The van der Waals surface area contributed by atoms with Gasteiger partial charge in [-0.25, -0.2) is 0 Å². The van der Waals surface area contributed by atoms with Crippen LogP contribution in [0.5, 0.6) is 11.5 Å². The number of halogens is 1. The van der Waals surface area contributed by atoms with Gasteiger partial charge in [0.2, 0.25) is 0 Å². The van der Waals surface area contributed by atoms with Crippen LogP contribution in [0.1, 0.15) is 12.5 Å². The lowest BCUT2D eigenvalue weighted by molar-refractivity contribution is 0.128. The van der Waals surface area contributed by atoms with Crippen LogP contribution in [0.3, 0.4) is 0 Å². The van der Waals surface area contributed by atoms with Gasteiger partial charge in [-0.1, -0.05) is 30.3 Å². The Labute approximate surface area is 127 Å². The standard InChI is InChI=1S/C16H17BrO3/c1-12(10-18)20-16-9-14(7-8-15(16)17)19-11-13-5-3-2-4-6-13/h2-9,12,18H,10-11H2,1H3/t12-/m1/s1. The molecule has 3 nitrogen and oxygen atoms in total. The Morgan fingerprint density at radius 2 is 1.90 bits per heavy atom. The van der Waals surface area contributed by atoms with Gasteiger partial charge in [0, 0.05) is 6.07 Å². The molecule has 106 valence electrons. The molecule has 0 heterocycles. The zero-order chi connectivity index (χ0) is 14.4. The number of aliphatic hydroxyl groups excluding tert-OH is 1. The highest BCUT2D eigenvalue weighted by molar-refractivity contribution is 9.10. The fraction of sp³-hybridized carbons (Fsp3) is 0.250. The van der Waals surface area contributed by atoms with Gasteiger partial charge in [-0.2, -0.15) is 0 Å². The van der Waals surface area contributed by atoms with E-state index in [9.17, 15) is 0 Å². The predicted molar refractivity (Wildman–Crippen MR) is 82.1 cm³/mol. The molecule has 0 aliphatic heterocycles. The van der Waals surface area contributed by atoms with E-state index in [1.165, 1.54) is 0 Å². The fourth-order valence-corrected chi connectivity index (χ4v) is 2.00. The number of rotatable bonds is 6. The van der Waals surface area contributed by atoms with Gasteiger partial charge in [0.15, 0.2) is 0 Å². The second-order valence-corrected chi connectivity index (χ2v) is 5.33. The minimum Gasteiger partial charge on any atom is -0.489 e. The maximum atomic E-state index is 9.04. The summed E-state index contributed by atoms with van der Waals surface area (Å²) < 4.78 is 12.2. The third-order valence-electron chi connectivity index (χ3n) is 2.74. The molecule has 0 spiro atoms. The molecule has 0 aliphatic rings. The molecule has 0 bridgehead atoms. The third kappa shape index (κ3) is 4.25. The molecule has 0 saturated carbocycles. The lowest BCUT2D eigenvalue weighted by Gasteiger charge is -2.15. The zero-order valence-electron chi connectivity index (χ0n) is 11.3. The summed E-state index contributed by atoms with van der Waals surface area (Å²) in [6.45, 7) is 2.29. The fourth-order valence-electron chi connectivity index (χ4n) is 1.66. The Kier molecular flexibility index (Phi) is 5.44. The molecule has 2 aromatic carbocycles. The number of ether oxygens (including phenoxy) is 2. The summed E-state index contributed by atoms with van der Waals surface area (Å²) in [5.74, 6) is 1.40. The average molecular weight is 337 g/mol. The molecular formula is C16H17BrO3. The van der Waals surface area contributed by atoms with E-state index < -0.39 is 0 Å². The molecule has 4 heteroatoms. The van der Waals surface area contributed by atoms with Crippen molar-refractivity contribution in [2.75, 3.05) is 6.61 Å². The Bertz CT molecular complexity index is 543. The van der Waals surface area contributed by atoms with Crippen LogP contribution in [0, 0.1) is 0 Å². The second-order valence-electron chi connectivity index (χ2n) is 4.48. The van der Waals surface area contributed by atoms with Crippen molar-refractivity contribution in [1.82, 2.24) is 0 Å². The average Bonchev–Trinajstić information content (AvgIpc) is 2.49. The molecule has 0 radical (unpaired) electrons. The summed E-state index contributed by atoms with van der Waals surface area (Å²) in [6.07, 6.45) is -0.254. The summed E-state index contributed by atoms with van der Waals surface area (Å²) in [4.78, 5) is 0. The lowest BCUT2D eigenvalue weighted by atomic mass is 10.2.